The van der Waals surface area contributed by atoms with Crippen LogP contribution >= 0.6 is 15.6 Å². The van der Waals surface area contributed by atoms with E-state index in [1.165, 1.54) is 147 Å². The van der Waals surface area contributed by atoms with Crippen LogP contribution in [0.5, 0.6) is 0 Å². The summed E-state index contributed by atoms with van der Waals surface area (Å²) in [5.74, 6) is 0.353. The number of hydrogen-bond acceptors (Lipinski definition) is 15. The van der Waals surface area contributed by atoms with Crippen molar-refractivity contribution in [2.75, 3.05) is 25.6 Å². The van der Waals surface area contributed by atoms with Crippen molar-refractivity contribution in [3.63, 3.8) is 0 Å². The monoisotopic (exact) mass is 1080 g/mol. The first-order valence-electron chi connectivity index (χ1n) is 28.3. The molecule has 6 N–H and O–H groups in total. The van der Waals surface area contributed by atoms with Crippen molar-refractivity contribution in [2.24, 2.45) is 11.8 Å². The number of hydrogen-bond donors (Lipinski definition) is 5. The number of phosphoric acid groups is 2. The van der Waals surface area contributed by atoms with Gasteiger partial charge in [-0.25, -0.2) is 13.9 Å². The molecule has 1 aliphatic heterocycles. The van der Waals surface area contributed by atoms with Crippen molar-refractivity contribution < 1.29 is 66.3 Å². The van der Waals surface area contributed by atoms with E-state index in [-0.39, 0.29) is 18.7 Å². The zero-order valence-corrected chi connectivity index (χ0v) is 47.1. The van der Waals surface area contributed by atoms with Crippen LogP contribution in [0.2, 0.25) is 0 Å². The van der Waals surface area contributed by atoms with Gasteiger partial charge in [-0.15, -0.1) is 0 Å². The molecule has 1 aromatic rings. The van der Waals surface area contributed by atoms with Gasteiger partial charge in [0.05, 0.1) is 13.2 Å². The van der Waals surface area contributed by atoms with Gasteiger partial charge in [-0.3, -0.25) is 23.2 Å². The second-order valence-electron chi connectivity index (χ2n) is 20.9. The first-order chi connectivity index (χ1) is 34.9. The second kappa shape index (κ2) is 40.0. The maximum absolute atomic E-state index is 12.9. The minimum atomic E-state index is -5.42. The number of nitrogen functional groups attached to an aromatic ring is 1. The number of aliphatic hydroxyl groups excluding tert-OH is 2. The van der Waals surface area contributed by atoms with Crippen LogP contribution in [0, 0.1) is 11.8 Å². The van der Waals surface area contributed by atoms with Gasteiger partial charge >= 0.3 is 33.3 Å². The molecule has 426 valence electrons. The van der Waals surface area contributed by atoms with Gasteiger partial charge in [-0.1, -0.05) is 214 Å². The van der Waals surface area contributed by atoms with Crippen LogP contribution in [0.4, 0.5) is 5.82 Å². The number of aromatic nitrogens is 2. The number of rotatable bonds is 47. The molecule has 0 saturated carbocycles. The van der Waals surface area contributed by atoms with Crippen molar-refractivity contribution in [1.29, 1.82) is 0 Å². The molecule has 0 aliphatic carbocycles. The molecule has 0 radical (unpaired) electrons. The molecule has 8 atom stereocenters. The number of phosphoric ester groups is 2. The summed E-state index contributed by atoms with van der Waals surface area (Å²) in [5.41, 5.74) is 4.60. The summed E-state index contributed by atoms with van der Waals surface area (Å²) in [6.07, 6.45) is 30.4. The van der Waals surface area contributed by atoms with E-state index in [0.29, 0.717) is 12.8 Å². The van der Waals surface area contributed by atoms with Crippen molar-refractivity contribution in [3.05, 3.63) is 22.7 Å². The zero-order chi connectivity index (χ0) is 53.7. The number of nitrogens with zero attached hydrogens (tertiary/aromatic N) is 2. The quantitative estimate of drug-likeness (QED) is 0.0231. The van der Waals surface area contributed by atoms with E-state index < -0.39 is 83.7 Å². The molecule has 4 unspecified atom stereocenters. The number of ether oxygens (including phenoxy) is 3. The first kappa shape index (κ1) is 66.9. The first-order valence-corrected chi connectivity index (χ1v) is 31.3. The van der Waals surface area contributed by atoms with E-state index in [0.717, 1.165) is 67.8 Å². The van der Waals surface area contributed by atoms with Crippen molar-refractivity contribution in [2.45, 2.75) is 270 Å². The number of anilines is 1. The van der Waals surface area contributed by atoms with Gasteiger partial charge in [-0.2, -0.15) is 9.29 Å². The lowest BCUT2D eigenvalue weighted by Crippen LogP contribution is -2.36. The summed E-state index contributed by atoms with van der Waals surface area (Å²) in [5, 5.41) is 20.9. The Morgan fingerprint density at radius 1 is 0.658 bits per heavy atom. The summed E-state index contributed by atoms with van der Waals surface area (Å²) in [6.45, 7) is 6.87. The summed E-state index contributed by atoms with van der Waals surface area (Å²) in [7, 11) is -10.8. The molecule has 1 aliphatic rings. The molecule has 1 saturated heterocycles. The van der Waals surface area contributed by atoms with Crippen LogP contribution in [-0.4, -0.2) is 85.7 Å². The van der Waals surface area contributed by atoms with Gasteiger partial charge in [0.2, 0.25) is 0 Å². The fraction of sp³-hybridized carbons (Fsp3) is 0.887. The van der Waals surface area contributed by atoms with Crippen LogP contribution in [0.3, 0.4) is 0 Å². The third-order valence-corrected chi connectivity index (χ3v) is 16.3. The molecular weight excluding hydrogens is 981 g/mol. The predicted octanol–water partition coefficient (Wildman–Crippen LogP) is 12.3. The summed E-state index contributed by atoms with van der Waals surface area (Å²) in [4.78, 5) is 62.1. The van der Waals surface area contributed by atoms with E-state index in [1.54, 1.807) is 0 Å². The van der Waals surface area contributed by atoms with E-state index in [1.807, 2.05) is 0 Å². The topological polar surface area (TPSA) is 265 Å². The SMILES string of the molecule is CCC(C)CCCCCCCCCCCCC(=O)OC[C@H](COP(=O)(O)OP(=O)(O)OC[C@H]1O[C@@H](n2ccc(N)nc2=O)C(O)[C@H]1O)OC(=O)CCCCCCCCCCCCCCCCCCCCC(C)C. The number of aliphatic hydroxyl groups is 2. The highest BCUT2D eigenvalue weighted by molar-refractivity contribution is 7.61. The fourth-order valence-corrected chi connectivity index (χ4v) is 11.0. The summed E-state index contributed by atoms with van der Waals surface area (Å²) < 4.78 is 57.0. The Bertz CT molecular complexity index is 1760. The van der Waals surface area contributed by atoms with Gasteiger partial charge < -0.3 is 39.9 Å². The Labute approximate surface area is 438 Å². The van der Waals surface area contributed by atoms with Gasteiger partial charge in [-0.05, 0) is 30.7 Å². The molecule has 0 bridgehead atoms. The molecule has 2 rings (SSSR count). The molecular formula is C53H99N3O15P2. The number of carbonyl (C=O) groups is 2. The lowest BCUT2D eigenvalue weighted by molar-refractivity contribution is -0.161. The van der Waals surface area contributed by atoms with E-state index in [9.17, 15) is 43.5 Å². The minimum Gasteiger partial charge on any atom is -0.462 e. The van der Waals surface area contributed by atoms with Crippen molar-refractivity contribution in [1.82, 2.24) is 9.55 Å². The predicted molar refractivity (Wildman–Crippen MR) is 284 cm³/mol. The lowest BCUT2D eigenvalue weighted by Gasteiger charge is -2.21. The summed E-state index contributed by atoms with van der Waals surface area (Å²) in [6, 6.07) is 1.25. The molecule has 1 aromatic heterocycles. The number of unbranched alkanes of at least 4 members (excludes halogenated alkanes) is 26. The second-order valence-corrected chi connectivity index (χ2v) is 23.9. The van der Waals surface area contributed by atoms with Gasteiger partial charge in [0.1, 0.15) is 30.7 Å². The Morgan fingerprint density at radius 2 is 1.10 bits per heavy atom. The third kappa shape index (κ3) is 33.5. The van der Waals surface area contributed by atoms with E-state index in [2.05, 4.69) is 37.0 Å². The normalized spacial score (nSPS) is 19.4. The number of nitrogens with two attached hydrogens (primary N) is 1. The van der Waals surface area contributed by atoms with E-state index >= 15 is 0 Å². The molecule has 2 heterocycles. The minimum absolute atomic E-state index is 0.0576. The highest BCUT2D eigenvalue weighted by atomic mass is 31.3. The number of carbonyl (C=O) groups excluding carboxylic acids is 2. The molecule has 18 nitrogen and oxygen atoms in total. The Morgan fingerprint density at radius 3 is 1.56 bits per heavy atom. The summed E-state index contributed by atoms with van der Waals surface area (Å²) >= 11 is 0. The average molecular weight is 1080 g/mol. The standard InChI is InChI=1S/C53H99N3O15P2/c1-5-44(4)35-31-27-23-19-16-17-20-24-28-32-36-48(57)66-40-45(69-49(58)37-33-29-25-21-15-13-11-9-7-6-8-10-12-14-18-22-26-30-34-43(2)3)41-67-72(62,63)71-73(64,65)68-42-46-50(59)51(60)52(70-46)56-39-38-47(54)55-53(56)61/h38-39,43-46,50-52,59-60H,5-37,40-42H2,1-4H3,(H,62,63)(H,64,65)(H2,54,55,61)/t44?,45-,46-,50+,51?,52-/m1/s1. The lowest BCUT2D eigenvalue weighted by atomic mass is 9.99. The van der Waals surface area contributed by atoms with Crippen LogP contribution in [0.25, 0.3) is 0 Å². The van der Waals surface area contributed by atoms with Crippen LogP contribution in [0.1, 0.15) is 246 Å². The molecule has 0 amide bonds. The van der Waals surface area contributed by atoms with Crippen molar-refractivity contribution in [3.8, 4) is 0 Å². The van der Waals surface area contributed by atoms with Crippen LogP contribution < -0.4 is 11.4 Å². The van der Waals surface area contributed by atoms with E-state index in [4.69, 9.17) is 29.0 Å². The van der Waals surface area contributed by atoms with Crippen LogP contribution in [-0.2, 0) is 46.3 Å². The third-order valence-electron chi connectivity index (χ3n) is 13.7. The van der Waals surface area contributed by atoms with Crippen LogP contribution in [0.15, 0.2) is 17.1 Å². The molecule has 73 heavy (non-hydrogen) atoms. The fourth-order valence-electron chi connectivity index (χ4n) is 8.89. The largest absolute Gasteiger partial charge is 0.481 e. The smallest absolute Gasteiger partial charge is 0.462 e. The molecule has 20 heteroatoms. The molecule has 0 aromatic carbocycles. The Balaban J connectivity index is 1.74. The zero-order valence-electron chi connectivity index (χ0n) is 45.3. The molecule has 1 fully saturated rings. The maximum atomic E-state index is 12.9. The van der Waals surface area contributed by atoms with Gasteiger partial charge in [0, 0.05) is 19.0 Å². The van der Waals surface area contributed by atoms with Gasteiger partial charge in [0.15, 0.2) is 12.3 Å². The highest BCUT2D eigenvalue weighted by Gasteiger charge is 2.46. The highest BCUT2D eigenvalue weighted by Crippen LogP contribution is 2.60. The number of esters is 2. The maximum Gasteiger partial charge on any atom is 0.481 e. The van der Waals surface area contributed by atoms with Gasteiger partial charge in [0.25, 0.3) is 0 Å². The average Bonchev–Trinajstić information content (AvgIpc) is 3.62. The Kier molecular flexibility index (Phi) is 36.7. The van der Waals surface area contributed by atoms with Crippen molar-refractivity contribution >= 4 is 33.4 Å². The molecule has 0 spiro atoms. The Hall–Kier alpha value is -2.24.